The highest BCUT2D eigenvalue weighted by molar-refractivity contribution is 7.90. The molecule has 0 unspecified atom stereocenters. The normalized spacial score (nSPS) is 17.0. The number of carbonyl (C=O) groups excluding carboxylic acids is 1. The first-order valence-electron chi connectivity index (χ1n) is 8.12. The molecule has 0 amide bonds. The zero-order valence-corrected chi connectivity index (χ0v) is 15.2. The van der Waals surface area contributed by atoms with Crippen LogP contribution in [0.15, 0.2) is 58.4 Å². The first kappa shape index (κ1) is 18.8. The van der Waals surface area contributed by atoms with Crippen LogP contribution in [0, 0.1) is 5.82 Å². The van der Waals surface area contributed by atoms with Crippen LogP contribution in [0.25, 0.3) is 0 Å². The molecule has 0 aliphatic carbocycles. The van der Waals surface area contributed by atoms with E-state index in [9.17, 15) is 17.6 Å². The van der Waals surface area contributed by atoms with Gasteiger partial charge in [-0.3, -0.25) is 9.71 Å². The molecule has 9 heteroatoms. The second-order valence-corrected chi connectivity index (χ2v) is 7.38. The molecule has 2 aromatic rings. The molecule has 0 bridgehead atoms. The minimum Gasteiger partial charge on any atom is -0.490 e. The van der Waals surface area contributed by atoms with Gasteiger partial charge in [0.15, 0.2) is 0 Å². The number of ether oxygens (including phenoxy) is 2. The van der Waals surface area contributed by atoms with E-state index in [1.54, 1.807) is 18.2 Å². The third-order valence-corrected chi connectivity index (χ3v) is 5.13. The summed E-state index contributed by atoms with van der Waals surface area (Å²) in [6.45, 7) is 1.58. The molecular weight excluding hydrogens is 375 g/mol. The van der Waals surface area contributed by atoms with Crippen molar-refractivity contribution in [1.29, 1.82) is 0 Å². The summed E-state index contributed by atoms with van der Waals surface area (Å²) in [5.74, 6) is -0.421. The predicted molar refractivity (Wildman–Crippen MR) is 95.6 cm³/mol. The fraction of sp³-hybridized carbons (Fsp3) is 0.222. The van der Waals surface area contributed by atoms with Crippen LogP contribution < -0.4 is 9.46 Å². The molecular formula is C18H17FN2O5S. The number of hydrogen-bond donors (Lipinski definition) is 1. The van der Waals surface area contributed by atoms with Crippen LogP contribution >= 0.6 is 0 Å². The van der Waals surface area contributed by atoms with Crippen molar-refractivity contribution in [2.24, 2.45) is 4.99 Å². The third kappa shape index (κ3) is 4.43. The van der Waals surface area contributed by atoms with Crippen molar-refractivity contribution in [3.63, 3.8) is 0 Å². The maximum absolute atomic E-state index is 12.8. The molecule has 1 aliphatic rings. The maximum Gasteiger partial charge on any atom is 0.330 e. The molecule has 0 fully saturated rings. The number of nitrogens with zero attached hydrogens (tertiary/aromatic N) is 1. The fourth-order valence-electron chi connectivity index (χ4n) is 2.43. The van der Waals surface area contributed by atoms with Gasteiger partial charge in [-0.2, -0.15) is 0 Å². The van der Waals surface area contributed by atoms with Crippen LogP contribution in [0.3, 0.4) is 0 Å². The molecule has 1 atom stereocenters. The van der Waals surface area contributed by atoms with Gasteiger partial charge in [0.2, 0.25) is 0 Å². The summed E-state index contributed by atoms with van der Waals surface area (Å²) in [7, 11) is -3.66. The second-order valence-electron chi connectivity index (χ2n) is 5.73. The van der Waals surface area contributed by atoms with Gasteiger partial charge in [0.25, 0.3) is 10.0 Å². The zero-order valence-electron chi connectivity index (χ0n) is 14.4. The lowest BCUT2D eigenvalue weighted by molar-refractivity contribution is -0.145. The Labute approximate surface area is 155 Å². The Morgan fingerprint density at radius 1 is 1.15 bits per heavy atom. The van der Waals surface area contributed by atoms with E-state index in [1.165, 1.54) is 37.3 Å². The monoisotopic (exact) mass is 392 g/mol. The number of carbonyl (C=O) groups is 1. The highest BCUT2D eigenvalue weighted by Crippen LogP contribution is 2.22. The van der Waals surface area contributed by atoms with Crippen molar-refractivity contribution in [3.05, 3.63) is 59.9 Å². The highest BCUT2D eigenvalue weighted by Gasteiger charge is 2.31. The number of amidine groups is 1. The molecule has 1 N–H and O–H groups in total. The summed E-state index contributed by atoms with van der Waals surface area (Å²) in [5, 5.41) is 0. The number of hydrogen-bond acceptors (Lipinski definition) is 6. The quantitative estimate of drug-likeness (QED) is 0.598. The molecule has 3 rings (SSSR count). The smallest absolute Gasteiger partial charge is 0.330 e. The predicted octanol–water partition coefficient (Wildman–Crippen LogP) is 1.87. The molecule has 0 aromatic heterocycles. The lowest BCUT2D eigenvalue weighted by Crippen LogP contribution is -2.27. The molecule has 0 spiro atoms. The van der Waals surface area contributed by atoms with Crippen LogP contribution in [-0.2, 0) is 19.6 Å². The lowest BCUT2D eigenvalue weighted by atomic mass is 10.2. The van der Waals surface area contributed by atoms with Crippen molar-refractivity contribution in [1.82, 2.24) is 4.72 Å². The Balaban J connectivity index is 1.55. The number of benzene rings is 2. The van der Waals surface area contributed by atoms with Crippen LogP contribution in [0.1, 0.15) is 12.5 Å². The van der Waals surface area contributed by atoms with Crippen LogP contribution in [-0.4, -0.2) is 39.5 Å². The number of nitrogens with one attached hydrogen (secondary N) is 1. The standard InChI is InChI=1S/C18H17FN2O5S/c1-12(18(22)26-11-10-25-14-8-6-13(19)7-9-14)20-17-15-4-2-3-5-16(15)27(23,24)21-17/h2-9,12H,10-11H2,1H3,(H,20,21)/t12-/m1/s1. The average Bonchev–Trinajstić information content (AvgIpc) is 2.90. The van der Waals surface area contributed by atoms with Gasteiger partial charge < -0.3 is 9.47 Å². The topological polar surface area (TPSA) is 94.1 Å². The van der Waals surface area contributed by atoms with Crippen molar-refractivity contribution in [2.45, 2.75) is 17.9 Å². The fourth-order valence-corrected chi connectivity index (χ4v) is 3.67. The van der Waals surface area contributed by atoms with E-state index >= 15 is 0 Å². The minimum atomic E-state index is -3.66. The van der Waals surface area contributed by atoms with E-state index in [4.69, 9.17) is 9.47 Å². The summed E-state index contributed by atoms with van der Waals surface area (Å²) in [6.07, 6.45) is 0. The van der Waals surface area contributed by atoms with Gasteiger partial charge in [-0.1, -0.05) is 12.1 Å². The summed E-state index contributed by atoms with van der Waals surface area (Å²) in [4.78, 5) is 16.3. The first-order chi connectivity index (χ1) is 12.9. The van der Waals surface area contributed by atoms with E-state index in [2.05, 4.69) is 9.71 Å². The Morgan fingerprint density at radius 3 is 2.59 bits per heavy atom. The van der Waals surface area contributed by atoms with Gasteiger partial charge in [0, 0.05) is 5.56 Å². The molecule has 1 aliphatic heterocycles. The summed E-state index contributed by atoms with van der Waals surface area (Å²) >= 11 is 0. The van der Waals surface area contributed by atoms with Crippen LogP contribution in [0.4, 0.5) is 4.39 Å². The van der Waals surface area contributed by atoms with Crippen molar-refractivity contribution in [3.8, 4) is 5.75 Å². The Hall–Kier alpha value is -2.94. The molecule has 0 saturated heterocycles. The molecule has 2 aromatic carbocycles. The number of rotatable bonds is 6. The molecule has 0 saturated carbocycles. The number of esters is 1. The van der Waals surface area contributed by atoms with Crippen molar-refractivity contribution in [2.75, 3.05) is 13.2 Å². The van der Waals surface area contributed by atoms with Gasteiger partial charge in [0.1, 0.15) is 36.7 Å². The van der Waals surface area contributed by atoms with E-state index < -0.39 is 22.0 Å². The second kappa shape index (κ2) is 7.75. The van der Waals surface area contributed by atoms with E-state index in [0.717, 1.165) is 0 Å². The van der Waals surface area contributed by atoms with Gasteiger partial charge in [-0.05, 0) is 43.3 Å². The van der Waals surface area contributed by atoms with Gasteiger partial charge in [-0.25, -0.2) is 17.6 Å². The molecule has 1 heterocycles. The Morgan fingerprint density at radius 2 is 1.85 bits per heavy atom. The molecule has 7 nitrogen and oxygen atoms in total. The van der Waals surface area contributed by atoms with Gasteiger partial charge in [-0.15, -0.1) is 0 Å². The summed E-state index contributed by atoms with van der Waals surface area (Å²) in [5.41, 5.74) is 0.414. The highest BCUT2D eigenvalue weighted by atomic mass is 32.2. The largest absolute Gasteiger partial charge is 0.490 e. The third-order valence-electron chi connectivity index (χ3n) is 3.74. The van der Waals surface area contributed by atoms with Gasteiger partial charge in [0.05, 0.1) is 4.90 Å². The zero-order chi connectivity index (χ0) is 19.4. The van der Waals surface area contributed by atoms with Crippen LogP contribution in [0.5, 0.6) is 5.75 Å². The summed E-state index contributed by atoms with van der Waals surface area (Å²) < 4.78 is 49.6. The van der Waals surface area contributed by atoms with E-state index in [-0.39, 0.29) is 29.8 Å². The number of sulfonamides is 1. The minimum absolute atomic E-state index is 0.0201. The number of aliphatic imine (C=N–C) groups is 1. The SMILES string of the molecule is C[C@@H](N=C1NS(=O)(=O)c2ccccc21)C(=O)OCCOc1ccc(F)cc1. The Bertz CT molecular complexity index is 974. The summed E-state index contributed by atoms with van der Waals surface area (Å²) in [6, 6.07) is 10.9. The number of halogens is 1. The van der Waals surface area contributed by atoms with Crippen LogP contribution in [0.2, 0.25) is 0 Å². The van der Waals surface area contributed by atoms with Crippen molar-refractivity contribution >= 4 is 21.8 Å². The molecule has 27 heavy (non-hydrogen) atoms. The average molecular weight is 392 g/mol. The molecule has 142 valence electrons. The molecule has 0 radical (unpaired) electrons. The first-order valence-corrected chi connectivity index (χ1v) is 9.60. The van der Waals surface area contributed by atoms with E-state index in [0.29, 0.717) is 11.3 Å². The Kier molecular flexibility index (Phi) is 5.41. The maximum atomic E-state index is 12.8. The van der Waals surface area contributed by atoms with E-state index in [1.807, 2.05) is 0 Å². The van der Waals surface area contributed by atoms with Crippen molar-refractivity contribution < 1.29 is 27.1 Å². The lowest BCUT2D eigenvalue weighted by Gasteiger charge is -2.10. The number of fused-ring (bicyclic) bond motifs is 1. The van der Waals surface area contributed by atoms with Gasteiger partial charge >= 0.3 is 5.97 Å².